The molecule has 0 saturated carbocycles. The number of β-amino-alcohol motifs (C(OH)–C–C–N with tert-alkyl or cyclic N) is 1. The van der Waals surface area contributed by atoms with Crippen molar-refractivity contribution in [3.05, 3.63) is 34.9 Å². The molecule has 2 rings (SSSR count). The first-order chi connectivity index (χ1) is 10.5. The summed E-state index contributed by atoms with van der Waals surface area (Å²) in [5, 5.41) is 13.6. The molecule has 2 atom stereocenters. The minimum absolute atomic E-state index is 0.0441. The lowest BCUT2D eigenvalue weighted by Gasteiger charge is -2.35. The van der Waals surface area contributed by atoms with Crippen molar-refractivity contribution in [3.63, 3.8) is 0 Å². The molecule has 1 aromatic carbocycles. The average Bonchev–Trinajstić information content (AvgIpc) is 2.50. The van der Waals surface area contributed by atoms with Crippen LogP contribution in [0.2, 0.25) is 5.02 Å². The molecule has 7 heteroatoms. The molecule has 0 aliphatic carbocycles. The number of amides is 1. The minimum Gasteiger partial charge on any atom is -0.469 e. The highest BCUT2D eigenvalue weighted by molar-refractivity contribution is 6.31. The largest absolute Gasteiger partial charge is 0.469 e. The lowest BCUT2D eigenvalue weighted by Crippen LogP contribution is -2.56. The van der Waals surface area contributed by atoms with E-state index in [0.29, 0.717) is 23.7 Å². The number of ether oxygens (including phenoxy) is 1. The summed E-state index contributed by atoms with van der Waals surface area (Å²) in [6, 6.07) is 6.38. The highest BCUT2D eigenvalue weighted by Crippen LogP contribution is 2.24. The third-order valence-corrected chi connectivity index (χ3v) is 4.05. The van der Waals surface area contributed by atoms with Gasteiger partial charge in [0.15, 0.2) is 0 Å². The molecule has 6 nitrogen and oxygen atoms in total. The zero-order valence-electron chi connectivity index (χ0n) is 12.3. The fourth-order valence-corrected chi connectivity index (χ4v) is 2.77. The standard InChI is InChI=1S/C15H19ClN2O4/c1-22-14(20)8-12-15(21)17-6-7-18(12)9-13(19)10-4-2-3-5-11(10)16/h2-5,12-13,19H,6-9H2,1H3,(H,17,21)/t12-,13+/m1/s1. The molecule has 0 radical (unpaired) electrons. The van der Waals surface area contributed by atoms with E-state index < -0.39 is 18.1 Å². The number of piperazine rings is 1. The smallest absolute Gasteiger partial charge is 0.307 e. The van der Waals surface area contributed by atoms with Crippen LogP contribution < -0.4 is 5.32 Å². The van der Waals surface area contributed by atoms with E-state index in [4.69, 9.17) is 11.6 Å². The van der Waals surface area contributed by atoms with Gasteiger partial charge >= 0.3 is 5.97 Å². The Hall–Kier alpha value is -1.63. The average molecular weight is 327 g/mol. The zero-order chi connectivity index (χ0) is 16.1. The van der Waals surface area contributed by atoms with Gasteiger partial charge in [0.2, 0.25) is 5.91 Å². The van der Waals surface area contributed by atoms with Gasteiger partial charge in [-0.25, -0.2) is 0 Å². The predicted octanol–water partition coefficient (Wildman–Crippen LogP) is 0.737. The van der Waals surface area contributed by atoms with Gasteiger partial charge in [0.25, 0.3) is 0 Å². The van der Waals surface area contributed by atoms with Crippen LogP contribution in [0.3, 0.4) is 0 Å². The molecular weight excluding hydrogens is 308 g/mol. The second-order valence-electron chi connectivity index (χ2n) is 5.12. The van der Waals surface area contributed by atoms with E-state index in [0.717, 1.165) is 0 Å². The monoisotopic (exact) mass is 326 g/mol. The summed E-state index contributed by atoms with van der Waals surface area (Å²) in [5.41, 5.74) is 0.604. The molecule has 0 unspecified atom stereocenters. The molecule has 1 amide bonds. The SMILES string of the molecule is COC(=O)C[C@@H]1C(=O)NCCN1C[C@H](O)c1ccccc1Cl. The highest BCUT2D eigenvalue weighted by Gasteiger charge is 2.33. The number of nitrogens with zero attached hydrogens (tertiary/aromatic N) is 1. The lowest BCUT2D eigenvalue weighted by atomic mass is 10.0. The number of nitrogens with one attached hydrogen (secondary N) is 1. The summed E-state index contributed by atoms with van der Waals surface area (Å²) in [7, 11) is 1.28. The van der Waals surface area contributed by atoms with Crippen LogP contribution in [0.25, 0.3) is 0 Å². The normalized spacial score (nSPS) is 20.3. The number of esters is 1. The molecule has 1 heterocycles. The molecule has 0 bridgehead atoms. The van der Waals surface area contributed by atoms with Crippen LogP contribution in [0.5, 0.6) is 0 Å². The molecule has 1 aromatic rings. The zero-order valence-corrected chi connectivity index (χ0v) is 13.0. The van der Waals surface area contributed by atoms with Crippen LogP contribution in [0, 0.1) is 0 Å². The third kappa shape index (κ3) is 3.97. The Morgan fingerprint density at radius 1 is 1.55 bits per heavy atom. The summed E-state index contributed by atoms with van der Waals surface area (Å²) >= 11 is 6.08. The summed E-state index contributed by atoms with van der Waals surface area (Å²) in [6.45, 7) is 1.25. The van der Waals surface area contributed by atoms with Crippen molar-refractivity contribution in [2.24, 2.45) is 0 Å². The second kappa shape index (κ2) is 7.58. The Morgan fingerprint density at radius 2 is 2.27 bits per heavy atom. The van der Waals surface area contributed by atoms with Gasteiger partial charge in [-0.3, -0.25) is 14.5 Å². The van der Waals surface area contributed by atoms with Crippen molar-refractivity contribution >= 4 is 23.5 Å². The van der Waals surface area contributed by atoms with Crippen molar-refractivity contribution in [2.75, 3.05) is 26.7 Å². The van der Waals surface area contributed by atoms with Crippen LogP contribution in [-0.2, 0) is 14.3 Å². The molecule has 1 aliphatic heterocycles. The molecular formula is C15H19ClN2O4. The quantitative estimate of drug-likeness (QED) is 0.780. The molecule has 0 aromatic heterocycles. The number of carbonyl (C=O) groups excluding carboxylic acids is 2. The summed E-state index contributed by atoms with van der Waals surface area (Å²) in [5.74, 6) is -0.692. The van der Waals surface area contributed by atoms with Gasteiger partial charge in [0.1, 0.15) is 0 Å². The number of methoxy groups -OCH3 is 1. The second-order valence-corrected chi connectivity index (χ2v) is 5.53. The van der Waals surface area contributed by atoms with E-state index in [-0.39, 0.29) is 18.9 Å². The number of halogens is 1. The molecule has 1 saturated heterocycles. The summed E-state index contributed by atoms with van der Waals surface area (Å²) in [6.07, 6.45) is -0.878. The van der Waals surface area contributed by atoms with Crippen molar-refractivity contribution in [1.82, 2.24) is 10.2 Å². The van der Waals surface area contributed by atoms with E-state index in [1.165, 1.54) is 7.11 Å². The van der Waals surface area contributed by atoms with Crippen molar-refractivity contribution in [1.29, 1.82) is 0 Å². The molecule has 22 heavy (non-hydrogen) atoms. The Bertz CT molecular complexity index is 552. The van der Waals surface area contributed by atoms with Crippen molar-refractivity contribution in [2.45, 2.75) is 18.6 Å². The summed E-state index contributed by atoms with van der Waals surface area (Å²) in [4.78, 5) is 25.2. The number of hydrogen-bond donors (Lipinski definition) is 2. The molecule has 1 fully saturated rings. The van der Waals surface area contributed by atoms with Crippen LogP contribution in [-0.4, -0.2) is 54.7 Å². The Labute approximate surface area is 134 Å². The van der Waals surface area contributed by atoms with Crippen LogP contribution in [0.1, 0.15) is 18.1 Å². The first-order valence-electron chi connectivity index (χ1n) is 7.04. The van der Waals surface area contributed by atoms with E-state index >= 15 is 0 Å². The van der Waals surface area contributed by atoms with Crippen LogP contribution >= 0.6 is 11.6 Å². The maximum absolute atomic E-state index is 12.0. The van der Waals surface area contributed by atoms with Crippen molar-refractivity contribution in [3.8, 4) is 0 Å². The maximum atomic E-state index is 12.0. The number of carbonyl (C=O) groups is 2. The van der Waals surface area contributed by atoms with Gasteiger partial charge in [-0.2, -0.15) is 0 Å². The number of aliphatic hydroxyl groups excluding tert-OH is 1. The van der Waals surface area contributed by atoms with Gasteiger partial charge in [0, 0.05) is 30.2 Å². The van der Waals surface area contributed by atoms with Gasteiger partial charge < -0.3 is 15.2 Å². The number of rotatable bonds is 5. The van der Waals surface area contributed by atoms with Gasteiger partial charge in [0.05, 0.1) is 25.7 Å². The van der Waals surface area contributed by atoms with Gasteiger partial charge in [-0.1, -0.05) is 29.8 Å². The maximum Gasteiger partial charge on any atom is 0.307 e. The Morgan fingerprint density at radius 3 is 2.95 bits per heavy atom. The van der Waals surface area contributed by atoms with E-state index in [1.807, 2.05) is 0 Å². The summed E-state index contributed by atoms with van der Waals surface area (Å²) < 4.78 is 4.63. The topological polar surface area (TPSA) is 78.9 Å². The first-order valence-corrected chi connectivity index (χ1v) is 7.41. The van der Waals surface area contributed by atoms with E-state index in [9.17, 15) is 14.7 Å². The molecule has 1 aliphatic rings. The Balaban J connectivity index is 2.09. The molecule has 120 valence electrons. The fraction of sp³-hybridized carbons (Fsp3) is 0.467. The fourth-order valence-electron chi connectivity index (χ4n) is 2.51. The lowest BCUT2D eigenvalue weighted by molar-refractivity contribution is -0.146. The van der Waals surface area contributed by atoms with Gasteiger partial charge in [-0.05, 0) is 6.07 Å². The van der Waals surface area contributed by atoms with Crippen LogP contribution in [0.4, 0.5) is 0 Å². The van der Waals surface area contributed by atoms with E-state index in [1.54, 1.807) is 29.2 Å². The molecule has 0 spiro atoms. The van der Waals surface area contributed by atoms with Crippen molar-refractivity contribution < 1.29 is 19.4 Å². The van der Waals surface area contributed by atoms with Crippen LogP contribution in [0.15, 0.2) is 24.3 Å². The number of benzene rings is 1. The highest BCUT2D eigenvalue weighted by atomic mass is 35.5. The van der Waals surface area contributed by atoms with Gasteiger partial charge in [-0.15, -0.1) is 0 Å². The first kappa shape index (κ1) is 16.7. The Kier molecular flexibility index (Phi) is 5.76. The third-order valence-electron chi connectivity index (χ3n) is 3.70. The van der Waals surface area contributed by atoms with E-state index in [2.05, 4.69) is 10.1 Å². The number of hydrogen-bond acceptors (Lipinski definition) is 5. The minimum atomic E-state index is -0.834. The molecule has 2 N–H and O–H groups in total. The predicted molar refractivity (Wildman–Crippen MR) is 81.4 cm³/mol. The number of aliphatic hydroxyl groups is 1.